The smallest absolute Gasteiger partial charge is 0.217 e. The van der Waals surface area contributed by atoms with E-state index in [-0.39, 0.29) is 5.60 Å². The second-order valence-corrected chi connectivity index (χ2v) is 7.41. The van der Waals surface area contributed by atoms with E-state index in [1.165, 1.54) is 24.1 Å². The molecule has 24 heavy (non-hydrogen) atoms. The Morgan fingerprint density at radius 3 is 2.96 bits per heavy atom. The van der Waals surface area contributed by atoms with Crippen LogP contribution in [0.15, 0.2) is 48.7 Å². The van der Waals surface area contributed by atoms with E-state index in [1.54, 1.807) is 0 Å². The minimum atomic E-state index is -0.0818. The van der Waals surface area contributed by atoms with Gasteiger partial charge in [-0.2, -0.15) is 0 Å². The molecule has 0 saturated carbocycles. The standard InChI is InChI=1S/C20H23N3O/c1-2-5-15(6-3-1)12-22-18-13-23-10-8-17(18)20(14-23)11-16-7-4-9-21-19(16)24-20/h1-7,9,17-18,22H,8,10-14H2. The van der Waals surface area contributed by atoms with Crippen molar-refractivity contribution in [1.82, 2.24) is 15.2 Å². The van der Waals surface area contributed by atoms with Gasteiger partial charge in [-0.3, -0.25) is 4.90 Å². The fourth-order valence-electron chi connectivity index (χ4n) is 4.84. The maximum Gasteiger partial charge on any atom is 0.217 e. The van der Waals surface area contributed by atoms with Gasteiger partial charge in [-0.15, -0.1) is 0 Å². The molecule has 0 radical (unpaired) electrons. The molecular weight excluding hydrogens is 298 g/mol. The summed E-state index contributed by atoms with van der Waals surface area (Å²) in [5, 5.41) is 3.81. The summed E-state index contributed by atoms with van der Waals surface area (Å²) >= 11 is 0. The zero-order valence-corrected chi connectivity index (χ0v) is 13.8. The number of nitrogens with one attached hydrogen (secondary N) is 1. The third-order valence-electron chi connectivity index (χ3n) is 5.91. The van der Waals surface area contributed by atoms with Crippen molar-refractivity contribution in [1.29, 1.82) is 0 Å². The van der Waals surface area contributed by atoms with E-state index in [0.29, 0.717) is 12.0 Å². The number of rotatable bonds is 3. The molecule has 1 spiro atoms. The second-order valence-electron chi connectivity index (χ2n) is 7.41. The number of aromatic nitrogens is 1. The molecule has 1 N–H and O–H groups in total. The van der Waals surface area contributed by atoms with Crippen molar-refractivity contribution < 1.29 is 4.74 Å². The molecule has 1 aromatic carbocycles. The highest BCUT2D eigenvalue weighted by Crippen LogP contribution is 2.46. The Labute approximate surface area is 142 Å². The van der Waals surface area contributed by atoms with Crippen molar-refractivity contribution in [2.24, 2.45) is 5.92 Å². The maximum absolute atomic E-state index is 6.46. The molecule has 3 fully saturated rings. The van der Waals surface area contributed by atoms with Gasteiger partial charge in [0.2, 0.25) is 5.88 Å². The zero-order chi connectivity index (χ0) is 16.0. The van der Waals surface area contributed by atoms with Gasteiger partial charge in [0.05, 0.1) is 0 Å². The summed E-state index contributed by atoms with van der Waals surface area (Å²) in [7, 11) is 0. The third-order valence-corrected chi connectivity index (χ3v) is 5.91. The number of ether oxygens (including phenoxy) is 1. The SMILES string of the molecule is c1ccc(CNC2CN3CCC2C2(Cc4cccnc4O2)C3)cc1. The monoisotopic (exact) mass is 321 g/mol. The van der Waals surface area contributed by atoms with E-state index in [9.17, 15) is 0 Å². The third kappa shape index (κ3) is 2.33. The van der Waals surface area contributed by atoms with Crippen molar-refractivity contribution in [3.05, 3.63) is 59.8 Å². The van der Waals surface area contributed by atoms with E-state index in [0.717, 1.165) is 31.9 Å². The summed E-state index contributed by atoms with van der Waals surface area (Å²) in [6.45, 7) is 4.30. The first-order valence-corrected chi connectivity index (χ1v) is 8.95. The van der Waals surface area contributed by atoms with E-state index >= 15 is 0 Å². The largest absolute Gasteiger partial charge is 0.469 e. The molecule has 4 nitrogen and oxygen atoms in total. The highest BCUT2D eigenvalue weighted by Gasteiger charge is 2.55. The van der Waals surface area contributed by atoms with Gasteiger partial charge in [-0.25, -0.2) is 4.98 Å². The van der Waals surface area contributed by atoms with Crippen LogP contribution in [0.25, 0.3) is 0 Å². The van der Waals surface area contributed by atoms with Crippen molar-refractivity contribution in [2.75, 3.05) is 19.6 Å². The number of pyridine rings is 1. The Kier molecular flexibility index (Phi) is 3.35. The van der Waals surface area contributed by atoms with Gasteiger partial charge in [-0.1, -0.05) is 36.4 Å². The molecule has 5 heterocycles. The fraction of sp³-hybridized carbons (Fsp3) is 0.450. The predicted octanol–water partition coefficient (Wildman–Crippen LogP) is 2.25. The van der Waals surface area contributed by atoms with Crippen LogP contribution in [-0.4, -0.2) is 41.2 Å². The molecule has 4 aliphatic heterocycles. The molecule has 6 rings (SSSR count). The Morgan fingerprint density at radius 1 is 1.21 bits per heavy atom. The molecule has 4 unspecified atom stereocenters. The number of fused-ring (bicyclic) bond motifs is 3. The molecular formula is C20H23N3O. The van der Waals surface area contributed by atoms with Crippen LogP contribution in [0.2, 0.25) is 0 Å². The van der Waals surface area contributed by atoms with Gasteiger partial charge in [0, 0.05) is 49.8 Å². The summed E-state index contributed by atoms with van der Waals surface area (Å²) < 4.78 is 6.46. The fourth-order valence-corrected chi connectivity index (χ4v) is 4.84. The Morgan fingerprint density at radius 2 is 2.12 bits per heavy atom. The van der Waals surface area contributed by atoms with Gasteiger partial charge in [0.15, 0.2) is 0 Å². The molecule has 4 aliphatic rings. The molecule has 4 atom stereocenters. The first-order chi connectivity index (χ1) is 11.8. The summed E-state index contributed by atoms with van der Waals surface area (Å²) in [5.74, 6) is 1.41. The first kappa shape index (κ1) is 14.4. The number of benzene rings is 1. The lowest BCUT2D eigenvalue weighted by atomic mass is 9.70. The molecule has 3 saturated heterocycles. The molecule has 124 valence electrons. The van der Waals surface area contributed by atoms with Crippen LogP contribution in [0.5, 0.6) is 5.88 Å². The lowest BCUT2D eigenvalue weighted by molar-refractivity contribution is -0.0988. The summed E-state index contributed by atoms with van der Waals surface area (Å²) in [6.07, 6.45) is 4.05. The first-order valence-electron chi connectivity index (χ1n) is 8.95. The highest BCUT2D eigenvalue weighted by atomic mass is 16.5. The Bertz CT molecular complexity index is 708. The molecule has 1 aromatic heterocycles. The molecule has 4 heteroatoms. The van der Waals surface area contributed by atoms with Crippen LogP contribution in [0.1, 0.15) is 17.5 Å². The number of hydrogen-bond acceptors (Lipinski definition) is 4. The minimum Gasteiger partial charge on any atom is -0.469 e. The summed E-state index contributed by atoms with van der Waals surface area (Å²) in [6, 6.07) is 15.3. The van der Waals surface area contributed by atoms with Gasteiger partial charge < -0.3 is 10.1 Å². The van der Waals surface area contributed by atoms with Gasteiger partial charge in [0.25, 0.3) is 0 Å². The Balaban J connectivity index is 1.36. The number of nitrogens with zero attached hydrogens (tertiary/aromatic N) is 2. The van der Waals surface area contributed by atoms with E-state index in [1.807, 2.05) is 12.3 Å². The zero-order valence-electron chi connectivity index (χ0n) is 13.8. The number of piperidine rings is 3. The van der Waals surface area contributed by atoms with Crippen molar-refractivity contribution >= 4 is 0 Å². The van der Waals surface area contributed by atoms with E-state index in [4.69, 9.17) is 4.74 Å². The maximum atomic E-state index is 6.46. The normalized spacial score (nSPS) is 33.4. The molecule has 0 amide bonds. The van der Waals surface area contributed by atoms with Gasteiger partial charge in [-0.05, 0) is 24.6 Å². The molecule has 2 bridgehead atoms. The lowest BCUT2D eigenvalue weighted by Gasteiger charge is -2.54. The van der Waals surface area contributed by atoms with E-state index in [2.05, 4.69) is 51.6 Å². The van der Waals surface area contributed by atoms with Gasteiger partial charge in [0.1, 0.15) is 5.60 Å². The van der Waals surface area contributed by atoms with Crippen LogP contribution >= 0.6 is 0 Å². The topological polar surface area (TPSA) is 37.4 Å². The highest BCUT2D eigenvalue weighted by molar-refractivity contribution is 5.35. The van der Waals surface area contributed by atoms with Crippen molar-refractivity contribution in [2.45, 2.75) is 31.0 Å². The average Bonchev–Trinajstić information content (AvgIpc) is 2.98. The summed E-state index contributed by atoms with van der Waals surface area (Å²) in [4.78, 5) is 7.01. The minimum absolute atomic E-state index is 0.0818. The van der Waals surface area contributed by atoms with Crippen LogP contribution in [0, 0.1) is 5.92 Å². The summed E-state index contributed by atoms with van der Waals surface area (Å²) in [5.41, 5.74) is 2.54. The van der Waals surface area contributed by atoms with E-state index < -0.39 is 0 Å². The predicted molar refractivity (Wildman–Crippen MR) is 92.9 cm³/mol. The van der Waals surface area contributed by atoms with Crippen molar-refractivity contribution in [3.8, 4) is 5.88 Å². The van der Waals surface area contributed by atoms with Crippen LogP contribution in [0.4, 0.5) is 0 Å². The van der Waals surface area contributed by atoms with Crippen molar-refractivity contribution in [3.63, 3.8) is 0 Å². The lowest BCUT2D eigenvalue weighted by Crippen LogP contribution is -2.69. The molecule has 0 aliphatic carbocycles. The average molecular weight is 321 g/mol. The van der Waals surface area contributed by atoms with Gasteiger partial charge >= 0.3 is 0 Å². The Hall–Kier alpha value is -1.91. The number of hydrogen-bond donors (Lipinski definition) is 1. The van der Waals surface area contributed by atoms with Crippen LogP contribution < -0.4 is 10.1 Å². The second kappa shape index (κ2) is 5.57. The quantitative estimate of drug-likeness (QED) is 0.941. The molecule has 2 aromatic rings. The van der Waals surface area contributed by atoms with Crippen LogP contribution in [-0.2, 0) is 13.0 Å². The van der Waals surface area contributed by atoms with Crippen LogP contribution in [0.3, 0.4) is 0 Å².